The fourth-order valence-corrected chi connectivity index (χ4v) is 2.62. The van der Waals surface area contributed by atoms with E-state index in [9.17, 15) is 14.4 Å². The molecule has 0 bridgehead atoms. The Morgan fingerprint density at radius 1 is 1.37 bits per heavy atom. The standard InChI is InChI=1S/C12H12N2O4S/c15-10(14-6-5-13-12(14)18)7-19-9-4-2-1-3-8(9)11(16)17/h1-4H,5-7H2,(H,13,18)(H,16,17). The highest BCUT2D eigenvalue weighted by molar-refractivity contribution is 8.00. The van der Waals surface area contributed by atoms with Crippen molar-refractivity contribution in [3.63, 3.8) is 0 Å². The second-order valence-corrected chi connectivity index (χ2v) is 4.88. The van der Waals surface area contributed by atoms with Gasteiger partial charge < -0.3 is 10.4 Å². The molecule has 0 aromatic heterocycles. The summed E-state index contributed by atoms with van der Waals surface area (Å²) in [5.41, 5.74) is 0.158. The predicted molar refractivity (Wildman–Crippen MR) is 69.2 cm³/mol. The summed E-state index contributed by atoms with van der Waals surface area (Å²) in [4.78, 5) is 35.8. The molecule has 1 aromatic carbocycles. The van der Waals surface area contributed by atoms with Crippen LogP contribution in [-0.2, 0) is 4.79 Å². The summed E-state index contributed by atoms with van der Waals surface area (Å²) >= 11 is 1.12. The maximum Gasteiger partial charge on any atom is 0.336 e. The zero-order chi connectivity index (χ0) is 13.8. The van der Waals surface area contributed by atoms with Crippen LogP contribution < -0.4 is 5.32 Å². The van der Waals surface area contributed by atoms with Gasteiger partial charge in [-0.25, -0.2) is 9.59 Å². The number of nitrogens with one attached hydrogen (secondary N) is 1. The van der Waals surface area contributed by atoms with Crippen molar-refractivity contribution in [3.8, 4) is 0 Å². The molecule has 0 unspecified atom stereocenters. The van der Waals surface area contributed by atoms with Gasteiger partial charge in [0.2, 0.25) is 5.91 Å². The lowest BCUT2D eigenvalue weighted by molar-refractivity contribution is -0.124. The summed E-state index contributed by atoms with van der Waals surface area (Å²) in [5.74, 6) is -1.31. The molecule has 2 N–H and O–H groups in total. The number of nitrogens with zero attached hydrogens (tertiary/aromatic N) is 1. The van der Waals surface area contributed by atoms with Crippen LogP contribution in [0.25, 0.3) is 0 Å². The number of carboxylic acids is 1. The van der Waals surface area contributed by atoms with Crippen LogP contribution in [0.15, 0.2) is 29.2 Å². The van der Waals surface area contributed by atoms with E-state index in [1.165, 1.54) is 6.07 Å². The van der Waals surface area contributed by atoms with Crippen LogP contribution in [0, 0.1) is 0 Å². The number of carbonyl (C=O) groups is 3. The van der Waals surface area contributed by atoms with Crippen molar-refractivity contribution in [2.24, 2.45) is 0 Å². The molecule has 1 fully saturated rings. The number of aromatic carboxylic acids is 1. The highest BCUT2D eigenvalue weighted by Gasteiger charge is 2.26. The average molecular weight is 280 g/mol. The molecule has 0 saturated carbocycles. The van der Waals surface area contributed by atoms with Gasteiger partial charge in [0.1, 0.15) is 0 Å². The van der Waals surface area contributed by atoms with Gasteiger partial charge in [0.25, 0.3) is 0 Å². The van der Waals surface area contributed by atoms with Gasteiger partial charge >= 0.3 is 12.0 Å². The Morgan fingerprint density at radius 3 is 2.74 bits per heavy atom. The average Bonchev–Trinajstić information content (AvgIpc) is 2.82. The van der Waals surface area contributed by atoms with Crippen LogP contribution in [0.4, 0.5) is 4.79 Å². The fourth-order valence-electron chi connectivity index (χ4n) is 1.70. The lowest BCUT2D eigenvalue weighted by atomic mass is 10.2. The van der Waals surface area contributed by atoms with Crippen molar-refractivity contribution in [2.45, 2.75) is 4.90 Å². The van der Waals surface area contributed by atoms with Crippen molar-refractivity contribution in [3.05, 3.63) is 29.8 Å². The van der Waals surface area contributed by atoms with Crippen LogP contribution >= 0.6 is 11.8 Å². The topological polar surface area (TPSA) is 86.7 Å². The van der Waals surface area contributed by atoms with Gasteiger partial charge in [0.15, 0.2) is 0 Å². The summed E-state index contributed by atoms with van der Waals surface area (Å²) in [5, 5.41) is 11.6. The van der Waals surface area contributed by atoms with E-state index >= 15 is 0 Å². The number of imide groups is 1. The van der Waals surface area contributed by atoms with Crippen LogP contribution in [0.5, 0.6) is 0 Å². The molecule has 7 heteroatoms. The normalized spacial score (nSPS) is 14.3. The largest absolute Gasteiger partial charge is 0.478 e. The Balaban J connectivity index is 2.01. The van der Waals surface area contributed by atoms with E-state index in [-0.39, 0.29) is 17.2 Å². The summed E-state index contributed by atoms with van der Waals surface area (Å²) < 4.78 is 0. The van der Waals surface area contributed by atoms with Gasteiger partial charge in [-0.3, -0.25) is 9.69 Å². The number of hydrogen-bond donors (Lipinski definition) is 2. The Hall–Kier alpha value is -2.02. The molecule has 0 spiro atoms. The molecule has 0 aliphatic carbocycles. The van der Waals surface area contributed by atoms with Crippen molar-refractivity contribution >= 4 is 29.7 Å². The van der Waals surface area contributed by atoms with Crippen LogP contribution in [0.1, 0.15) is 10.4 Å². The molecule has 1 aromatic rings. The van der Waals surface area contributed by atoms with Crippen LogP contribution in [0.2, 0.25) is 0 Å². The lowest BCUT2D eigenvalue weighted by Gasteiger charge is -2.12. The molecule has 1 aliphatic rings. The maximum absolute atomic E-state index is 11.8. The number of rotatable bonds is 4. The zero-order valence-electron chi connectivity index (χ0n) is 9.96. The van der Waals surface area contributed by atoms with Gasteiger partial charge in [-0.1, -0.05) is 12.1 Å². The lowest BCUT2D eigenvalue weighted by Crippen LogP contribution is -2.35. The number of amides is 3. The molecule has 6 nitrogen and oxygen atoms in total. The van der Waals surface area contributed by atoms with Gasteiger partial charge in [0, 0.05) is 18.0 Å². The first-order valence-corrected chi connectivity index (χ1v) is 6.61. The van der Waals surface area contributed by atoms with E-state index in [4.69, 9.17) is 5.11 Å². The Labute approximate surface area is 113 Å². The van der Waals surface area contributed by atoms with E-state index in [1.807, 2.05) is 0 Å². The first kappa shape index (κ1) is 13.4. The number of thioether (sulfide) groups is 1. The third-order valence-corrected chi connectivity index (χ3v) is 3.68. The van der Waals surface area contributed by atoms with Crippen molar-refractivity contribution < 1.29 is 19.5 Å². The molecule has 0 radical (unpaired) electrons. The molecule has 19 heavy (non-hydrogen) atoms. The second-order valence-electron chi connectivity index (χ2n) is 3.87. The first-order valence-electron chi connectivity index (χ1n) is 5.63. The van der Waals surface area contributed by atoms with E-state index in [1.54, 1.807) is 18.2 Å². The minimum atomic E-state index is -1.03. The highest BCUT2D eigenvalue weighted by atomic mass is 32.2. The number of carboxylic acid groups (broad SMARTS) is 1. The Morgan fingerprint density at radius 2 is 2.11 bits per heavy atom. The molecule has 2 rings (SSSR count). The molecule has 1 aliphatic heterocycles. The number of urea groups is 1. The van der Waals surface area contributed by atoms with Crippen LogP contribution in [0.3, 0.4) is 0 Å². The number of benzene rings is 1. The predicted octanol–water partition coefficient (Wildman–Crippen LogP) is 1.03. The summed E-state index contributed by atoms with van der Waals surface area (Å²) in [7, 11) is 0. The van der Waals surface area contributed by atoms with Crippen molar-refractivity contribution in [1.29, 1.82) is 0 Å². The SMILES string of the molecule is O=C(O)c1ccccc1SCC(=O)N1CCNC1=O. The number of carbonyl (C=O) groups excluding carboxylic acids is 2. The molecule has 3 amide bonds. The third-order valence-electron chi connectivity index (χ3n) is 2.63. The smallest absolute Gasteiger partial charge is 0.336 e. The molecular weight excluding hydrogens is 268 g/mol. The Kier molecular flexibility index (Phi) is 4.06. The van der Waals surface area contributed by atoms with Gasteiger partial charge in [-0.05, 0) is 12.1 Å². The Bertz CT molecular complexity index is 532. The zero-order valence-corrected chi connectivity index (χ0v) is 10.8. The van der Waals surface area contributed by atoms with Gasteiger partial charge in [0.05, 0.1) is 11.3 Å². The second kappa shape index (κ2) is 5.75. The summed E-state index contributed by atoms with van der Waals surface area (Å²) in [6, 6.07) is 6.07. The minimum Gasteiger partial charge on any atom is -0.478 e. The number of hydrogen-bond acceptors (Lipinski definition) is 4. The first-order chi connectivity index (χ1) is 9.09. The fraction of sp³-hybridized carbons (Fsp3) is 0.250. The van der Waals surface area contributed by atoms with Gasteiger partial charge in [-0.15, -0.1) is 11.8 Å². The maximum atomic E-state index is 11.8. The van der Waals surface area contributed by atoms with E-state index in [2.05, 4.69) is 5.32 Å². The van der Waals surface area contributed by atoms with Crippen LogP contribution in [-0.4, -0.2) is 46.8 Å². The molecule has 0 atom stereocenters. The molecule has 1 heterocycles. The van der Waals surface area contributed by atoms with Crippen molar-refractivity contribution in [2.75, 3.05) is 18.8 Å². The van der Waals surface area contributed by atoms with E-state index in [0.717, 1.165) is 16.7 Å². The van der Waals surface area contributed by atoms with Gasteiger partial charge in [-0.2, -0.15) is 0 Å². The molecule has 1 saturated heterocycles. The minimum absolute atomic E-state index is 0.0394. The molecular formula is C12H12N2O4S. The summed E-state index contributed by atoms with van der Waals surface area (Å²) in [6.45, 7) is 0.819. The van der Waals surface area contributed by atoms with E-state index < -0.39 is 12.0 Å². The quantitative estimate of drug-likeness (QED) is 0.804. The molecule has 100 valence electrons. The third kappa shape index (κ3) is 3.05. The monoisotopic (exact) mass is 280 g/mol. The highest BCUT2D eigenvalue weighted by Crippen LogP contribution is 2.23. The van der Waals surface area contributed by atoms with Crippen molar-refractivity contribution in [1.82, 2.24) is 10.2 Å². The summed E-state index contributed by atoms with van der Waals surface area (Å²) in [6.07, 6.45) is 0. The van der Waals surface area contributed by atoms with E-state index in [0.29, 0.717) is 18.0 Å².